The van der Waals surface area contributed by atoms with Gasteiger partial charge in [-0.1, -0.05) is 11.6 Å². The minimum atomic E-state index is -0.293. The van der Waals surface area contributed by atoms with Gasteiger partial charge in [-0.2, -0.15) is 0 Å². The Bertz CT molecular complexity index is 921. The second kappa shape index (κ2) is 3.36. The zero-order valence-electron chi connectivity index (χ0n) is 9.61. The molecule has 3 heterocycles. The van der Waals surface area contributed by atoms with Crippen LogP contribution in [0.15, 0.2) is 41.3 Å². The third-order valence-corrected chi connectivity index (χ3v) is 3.64. The number of aromatic amines is 1. The SMILES string of the molecule is O=C1c2c([nH]c3ccc(Cl)cc3c2=O)-c2cccn21. The molecule has 0 amide bonds. The highest BCUT2D eigenvalue weighted by Gasteiger charge is 2.30. The van der Waals surface area contributed by atoms with E-state index in [1.807, 2.05) is 0 Å². The van der Waals surface area contributed by atoms with Crippen molar-refractivity contribution in [3.05, 3.63) is 57.3 Å². The Kier molecular flexibility index (Phi) is 1.87. The van der Waals surface area contributed by atoms with Crippen LogP contribution >= 0.6 is 11.6 Å². The van der Waals surface area contributed by atoms with E-state index in [1.54, 1.807) is 36.5 Å². The monoisotopic (exact) mass is 270 g/mol. The summed E-state index contributed by atoms with van der Waals surface area (Å²) in [4.78, 5) is 27.8. The molecule has 2 aromatic heterocycles. The zero-order valence-corrected chi connectivity index (χ0v) is 10.4. The summed E-state index contributed by atoms with van der Waals surface area (Å²) in [6.07, 6.45) is 1.66. The summed E-state index contributed by atoms with van der Waals surface area (Å²) in [5.74, 6) is -0.293. The van der Waals surface area contributed by atoms with Crippen LogP contribution in [0.4, 0.5) is 0 Å². The molecule has 0 fully saturated rings. The smallest absolute Gasteiger partial charge is 0.268 e. The molecule has 0 saturated carbocycles. The molecule has 1 aliphatic heterocycles. The molecular formula is C14H7ClN2O2. The molecule has 1 aliphatic rings. The first-order chi connectivity index (χ1) is 9.16. The van der Waals surface area contributed by atoms with Gasteiger partial charge in [0.15, 0.2) is 0 Å². The normalized spacial score (nSPS) is 12.8. The Morgan fingerprint density at radius 1 is 1.16 bits per heavy atom. The first-order valence-corrected chi connectivity index (χ1v) is 6.12. The van der Waals surface area contributed by atoms with E-state index in [1.165, 1.54) is 4.57 Å². The molecule has 4 rings (SSSR count). The summed E-state index contributed by atoms with van der Waals surface area (Å²) < 4.78 is 1.48. The number of fused-ring (bicyclic) bond motifs is 4. The molecule has 4 nitrogen and oxygen atoms in total. The van der Waals surface area contributed by atoms with Crippen LogP contribution in [0.2, 0.25) is 5.02 Å². The van der Waals surface area contributed by atoms with Gasteiger partial charge in [-0.3, -0.25) is 14.2 Å². The van der Waals surface area contributed by atoms with E-state index in [0.717, 1.165) is 0 Å². The molecule has 0 aliphatic carbocycles. The van der Waals surface area contributed by atoms with Crippen LogP contribution in [-0.4, -0.2) is 15.5 Å². The number of hydrogen-bond acceptors (Lipinski definition) is 2. The van der Waals surface area contributed by atoms with Gasteiger partial charge in [-0.05, 0) is 30.3 Å². The highest BCUT2D eigenvalue weighted by molar-refractivity contribution is 6.31. The lowest BCUT2D eigenvalue weighted by Gasteiger charge is -2.02. The van der Waals surface area contributed by atoms with Crippen molar-refractivity contribution in [1.29, 1.82) is 0 Å². The fourth-order valence-electron chi connectivity index (χ4n) is 2.54. The van der Waals surface area contributed by atoms with Gasteiger partial charge in [0, 0.05) is 22.1 Å². The van der Waals surface area contributed by atoms with Crippen LogP contribution in [0, 0.1) is 0 Å². The van der Waals surface area contributed by atoms with Crippen LogP contribution < -0.4 is 5.43 Å². The Morgan fingerprint density at radius 2 is 2.00 bits per heavy atom. The van der Waals surface area contributed by atoms with Crippen LogP contribution in [0.5, 0.6) is 0 Å². The van der Waals surface area contributed by atoms with Crippen molar-refractivity contribution in [3.63, 3.8) is 0 Å². The maximum absolute atomic E-state index is 12.4. The number of rotatable bonds is 0. The lowest BCUT2D eigenvalue weighted by molar-refractivity contribution is 0.0968. The summed E-state index contributed by atoms with van der Waals surface area (Å²) in [5.41, 5.74) is 1.88. The number of aromatic nitrogens is 2. The number of nitrogens with one attached hydrogen (secondary N) is 1. The van der Waals surface area contributed by atoms with Gasteiger partial charge in [0.05, 0.1) is 11.4 Å². The first-order valence-electron chi connectivity index (χ1n) is 5.75. The molecule has 92 valence electrons. The first kappa shape index (κ1) is 10.6. The number of carbonyl (C=O) groups excluding carboxylic acids is 1. The fourth-order valence-corrected chi connectivity index (χ4v) is 2.71. The Balaban J connectivity index is 2.22. The maximum Gasteiger partial charge on any atom is 0.268 e. The second-order valence-corrected chi connectivity index (χ2v) is 4.90. The molecule has 0 unspecified atom stereocenters. The van der Waals surface area contributed by atoms with E-state index in [-0.39, 0.29) is 16.9 Å². The number of hydrogen-bond donors (Lipinski definition) is 1. The third kappa shape index (κ3) is 1.24. The van der Waals surface area contributed by atoms with Gasteiger partial charge in [0.1, 0.15) is 5.56 Å². The van der Waals surface area contributed by atoms with Gasteiger partial charge >= 0.3 is 0 Å². The Hall–Kier alpha value is -2.33. The molecule has 1 aromatic carbocycles. The van der Waals surface area contributed by atoms with E-state index >= 15 is 0 Å². The lowest BCUT2D eigenvalue weighted by Crippen LogP contribution is -2.17. The van der Waals surface area contributed by atoms with E-state index in [0.29, 0.717) is 27.3 Å². The summed E-state index contributed by atoms with van der Waals surface area (Å²) in [7, 11) is 0. The quantitative estimate of drug-likeness (QED) is 0.534. The van der Waals surface area contributed by atoms with Gasteiger partial charge in [0.25, 0.3) is 5.91 Å². The average Bonchev–Trinajstić information content (AvgIpc) is 2.95. The number of nitrogens with zero attached hydrogens (tertiary/aromatic N) is 1. The number of halogens is 1. The van der Waals surface area contributed by atoms with E-state index in [4.69, 9.17) is 11.6 Å². The van der Waals surface area contributed by atoms with Gasteiger partial charge < -0.3 is 4.98 Å². The molecule has 19 heavy (non-hydrogen) atoms. The summed E-state index contributed by atoms with van der Waals surface area (Å²) in [6, 6.07) is 8.62. The summed E-state index contributed by atoms with van der Waals surface area (Å²) >= 11 is 5.90. The van der Waals surface area contributed by atoms with Crippen molar-refractivity contribution in [3.8, 4) is 11.4 Å². The largest absolute Gasteiger partial charge is 0.352 e. The highest BCUT2D eigenvalue weighted by Crippen LogP contribution is 2.30. The van der Waals surface area contributed by atoms with Gasteiger partial charge in [0.2, 0.25) is 5.43 Å². The number of carbonyl (C=O) groups is 1. The molecular weight excluding hydrogens is 264 g/mol. The van der Waals surface area contributed by atoms with Crippen molar-refractivity contribution in [1.82, 2.24) is 9.55 Å². The average molecular weight is 271 g/mol. The van der Waals surface area contributed by atoms with E-state index in [9.17, 15) is 9.59 Å². The van der Waals surface area contributed by atoms with Crippen molar-refractivity contribution in [2.45, 2.75) is 0 Å². The summed E-state index contributed by atoms with van der Waals surface area (Å²) in [6.45, 7) is 0. The van der Waals surface area contributed by atoms with Crippen LogP contribution in [0.1, 0.15) is 10.4 Å². The zero-order chi connectivity index (χ0) is 13.1. The molecule has 0 atom stereocenters. The van der Waals surface area contributed by atoms with Crippen LogP contribution in [0.3, 0.4) is 0 Å². The number of pyridine rings is 1. The number of H-pyrrole nitrogens is 1. The predicted octanol–water partition coefficient (Wildman–Crippen LogP) is 2.65. The molecule has 3 aromatic rings. The second-order valence-electron chi connectivity index (χ2n) is 4.46. The van der Waals surface area contributed by atoms with Gasteiger partial charge in [-0.15, -0.1) is 0 Å². The molecule has 0 bridgehead atoms. The topological polar surface area (TPSA) is 54.9 Å². The van der Waals surface area contributed by atoms with Crippen molar-refractivity contribution < 1.29 is 4.79 Å². The number of benzene rings is 1. The van der Waals surface area contributed by atoms with Crippen molar-refractivity contribution in [2.75, 3.05) is 0 Å². The Morgan fingerprint density at radius 3 is 2.84 bits per heavy atom. The maximum atomic E-state index is 12.4. The molecule has 0 saturated heterocycles. The summed E-state index contributed by atoms with van der Waals surface area (Å²) in [5, 5.41) is 0.911. The minimum Gasteiger partial charge on any atom is -0.352 e. The molecule has 0 radical (unpaired) electrons. The standard InChI is InChI=1S/C14H7ClN2O2/c15-7-3-4-9-8(6-7)13(18)11-12(16-9)10-2-1-5-17(10)14(11)19/h1-6H,(H,16,18). The molecule has 0 spiro atoms. The van der Waals surface area contributed by atoms with E-state index < -0.39 is 0 Å². The predicted molar refractivity (Wildman–Crippen MR) is 72.7 cm³/mol. The Labute approximate surface area is 112 Å². The van der Waals surface area contributed by atoms with E-state index in [2.05, 4.69) is 4.98 Å². The highest BCUT2D eigenvalue weighted by atomic mass is 35.5. The van der Waals surface area contributed by atoms with Crippen LogP contribution in [-0.2, 0) is 0 Å². The lowest BCUT2D eigenvalue weighted by atomic mass is 10.1. The molecule has 5 heteroatoms. The minimum absolute atomic E-state index is 0.186. The van der Waals surface area contributed by atoms with Crippen molar-refractivity contribution in [2.24, 2.45) is 0 Å². The fraction of sp³-hybridized carbons (Fsp3) is 0. The van der Waals surface area contributed by atoms with Crippen molar-refractivity contribution >= 4 is 28.4 Å². The van der Waals surface area contributed by atoms with Crippen LogP contribution in [0.25, 0.3) is 22.3 Å². The van der Waals surface area contributed by atoms with Gasteiger partial charge in [-0.25, -0.2) is 0 Å². The third-order valence-electron chi connectivity index (χ3n) is 3.40. The molecule has 1 N–H and O–H groups in total.